The van der Waals surface area contributed by atoms with Gasteiger partial charge in [0, 0.05) is 23.2 Å². The standard InChI is InChI=1S/C18H21ClN2O3S/c1-18(2,3)24-17(23)20-13-7-5-12(6-8-13)16(22)21(4)11-14-9-10-15(19)25-14/h5-10H,11H2,1-4H3,(H,20,23). The Balaban J connectivity index is 1.96. The van der Waals surface area contributed by atoms with Crippen LogP contribution in [0.2, 0.25) is 4.34 Å². The molecular formula is C18H21ClN2O3S. The molecule has 25 heavy (non-hydrogen) atoms. The quantitative estimate of drug-likeness (QED) is 0.810. The van der Waals surface area contributed by atoms with E-state index in [4.69, 9.17) is 16.3 Å². The van der Waals surface area contributed by atoms with Crippen LogP contribution in [-0.2, 0) is 11.3 Å². The molecule has 0 bridgehead atoms. The number of rotatable bonds is 4. The molecule has 1 heterocycles. The van der Waals surface area contributed by atoms with Crippen molar-refractivity contribution < 1.29 is 14.3 Å². The molecule has 2 aromatic rings. The fraction of sp³-hybridized carbons (Fsp3) is 0.333. The highest BCUT2D eigenvalue weighted by atomic mass is 35.5. The molecule has 5 nitrogen and oxygen atoms in total. The van der Waals surface area contributed by atoms with Gasteiger partial charge in [-0.2, -0.15) is 0 Å². The molecule has 134 valence electrons. The van der Waals surface area contributed by atoms with Crippen molar-refractivity contribution in [2.24, 2.45) is 0 Å². The van der Waals surface area contributed by atoms with Crippen molar-refractivity contribution in [2.45, 2.75) is 32.9 Å². The second-order valence-electron chi connectivity index (χ2n) is 6.57. The molecule has 7 heteroatoms. The Labute approximate surface area is 156 Å². The first-order valence-corrected chi connectivity index (χ1v) is 8.93. The second-order valence-corrected chi connectivity index (χ2v) is 8.37. The number of ether oxygens (including phenoxy) is 1. The molecular weight excluding hydrogens is 360 g/mol. The van der Waals surface area contributed by atoms with Crippen LogP contribution in [0.5, 0.6) is 0 Å². The van der Waals surface area contributed by atoms with E-state index in [1.54, 1.807) is 57.0 Å². The number of hydrogen-bond acceptors (Lipinski definition) is 4. The molecule has 0 unspecified atom stereocenters. The lowest BCUT2D eigenvalue weighted by molar-refractivity contribution is 0.0635. The minimum atomic E-state index is -0.562. The molecule has 0 saturated heterocycles. The maximum atomic E-state index is 12.5. The van der Waals surface area contributed by atoms with Gasteiger partial charge in [0.25, 0.3) is 5.91 Å². The van der Waals surface area contributed by atoms with Crippen molar-refractivity contribution in [3.63, 3.8) is 0 Å². The molecule has 1 aromatic carbocycles. The van der Waals surface area contributed by atoms with Crippen LogP contribution in [0.1, 0.15) is 36.0 Å². The van der Waals surface area contributed by atoms with Crippen LogP contribution in [0.4, 0.5) is 10.5 Å². The molecule has 0 aliphatic heterocycles. The van der Waals surface area contributed by atoms with E-state index < -0.39 is 11.7 Å². The minimum Gasteiger partial charge on any atom is -0.444 e. The number of carbonyl (C=O) groups is 2. The Morgan fingerprint density at radius 3 is 2.32 bits per heavy atom. The Morgan fingerprint density at radius 2 is 1.80 bits per heavy atom. The summed E-state index contributed by atoms with van der Waals surface area (Å²) >= 11 is 7.36. The lowest BCUT2D eigenvalue weighted by Crippen LogP contribution is -2.27. The number of hydrogen-bond donors (Lipinski definition) is 1. The van der Waals surface area contributed by atoms with Crippen molar-refractivity contribution >= 4 is 40.6 Å². The summed E-state index contributed by atoms with van der Waals surface area (Å²) in [6, 6.07) is 10.4. The summed E-state index contributed by atoms with van der Waals surface area (Å²) < 4.78 is 5.89. The van der Waals surface area contributed by atoms with Crippen molar-refractivity contribution in [3.05, 3.63) is 51.2 Å². The normalized spacial score (nSPS) is 11.1. The van der Waals surface area contributed by atoms with Crippen LogP contribution < -0.4 is 5.32 Å². The SMILES string of the molecule is CN(Cc1ccc(Cl)s1)C(=O)c1ccc(NC(=O)OC(C)(C)C)cc1. The van der Waals surface area contributed by atoms with Gasteiger partial charge >= 0.3 is 6.09 Å². The maximum absolute atomic E-state index is 12.5. The fourth-order valence-electron chi connectivity index (χ4n) is 2.08. The van der Waals surface area contributed by atoms with Crippen molar-refractivity contribution in [1.29, 1.82) is 0 Å². The summed E-state index contributed by atoms with van der Waals surface area (Å²) in [6.07, 6.45) is -0.529. The predicted molar refractivity (Wildman–Crippen MR) is 101 cm³/mol. The van der Waals surface area contributed by atoms with Crippen LogP contribution in [0.15, 0.2) is 36.4 Å². The Kier molecular flexibility index (Phi) is 6.08. The van der Waals surface area contributed by atoms with Crippen molar-refractivity contribution in [3.8, 4) is 0 Å². The van der Waals surface area contributed by atoms with Crippen LogP contribution in [0.25, 0.3) is 0 Å². The first-order chi connectivity index (χ1) is 11.6. The van der Waals surface area contributed by atoms with Crippen molar-refractivity contribution in [1.82, 2.24) is 4.90 Å². The van der Waals surface area contributed by atoms with Gasteiger partial charge in [0.1, 0.15) is 5.60 Å². The number of amides is 2. The highest BCUT2D eigenvalue weighted by Crippen LogP contribution is 2.23. The number of nitrogens with one attached hydrogen (secondary N) is 1. The summed E-state index contributed by atoms with van der Waals surface area (Å²) in [5, 5.41) is 2.64. The number of benzene rings is 1. The van der Waals surface area contributed by atoms with E-state index in [-0.39, 0.29) is 5.91 Å². The smallest absolute Gasteiger partial charge is 0.412 e. The largest absolute Gasteiger partial charge is 0.444 e. The van der Waals surface area contributed by atoms with Crippen LogP contribution in [0.3, 0.4) is 0 Å². The third-order valence-corrected chi connectivity index (χ3v) is 4.36. The molecule has 0 saturated carbocycles. The Hall–Kier alpha value is -2.05. The van der Waals surface area contributed by atoms with Gasteiger partial charge in [0.05, 0.1) is 10.9 Å². The van der Waals surface area contributed by atoms with Gasteiger partial charge in [0.2, 0.25) is 0 Å². The van der Waals surface area contributed by atoms with E-state index in [9.17, 15) is 9.59 Å². The number of thiophene rings is 1. The number of nitrogens with zero attached hydrogens (tertiary/aromatic N) is 1. The molecule has 0 atom stereocenters. The van der Waals surface area contributed by atoms with Crippen LogP contribution >= 0.6 is 22.9 Å². The number of halogens is 1. The fourth-order valence-corrected chi connectivity index (χ4v) is 3.22. The predicted octanol–water partition coefficient (Wildman–Crippen LogP) is 5.02. The average Bonchev–Trinajstić information content (AvgIpc) is 2.90. The highest BCUT2D eigenvalue weighted by molar-refractivity contribution is 7.16. The molecule has 2 amide bonds. The maximum Gasteiger partial charge on any atom is 0.412 e. The Morgan fingerprint density at radius 1 is 1.16 bits per heavy atom. The molecule has 1 aromatic heterocycles. The number of anilines is 1. The third kappa shape index (κ3) is 6.07. The lowest BCUT2D eigenvalue weighted by atomic mass is 10.2. The van der Waals surface area contributed by atoms with Crippen molar-refractivity contribution in [2.75, 3.05) is 12.4 Å². The van der Waals surface area contributed by atoms with Gasteiger partial charge in [-0.15, -0.1) is 11.3 Å². The van der Waals surface area contributed by atoms with Gasteiger partial charge in [-0.25, -0.2) is 4.79 Å². The molecule has 0 aliphatic rings. The molecule has 0 radical (unpaired) electrons. The van der Waals surface area contributed by atoms with Crippen LogP contribution in [-0.4, -0.2) is 29.5 Å². The van der Waals surface area contributed by atoms with Gasteiger partial charge in [-0.1, -0.05) is 11.6 Å². The zero-order valence-electron chi connectivity index (χ0n) is 14.6. The summed E-state index contributed by atoms with van der Waals surface area (Å²) in [6.45, 7) is 5.88. The number of carbonyl (C=O) groups excluding carboxylic acids is 2. The summed E-state index contributed by atoms with van der Waals surface area (Å²) in [5.41, 5.74) is 0.548. The van der Waals surface area contributed by atoms with Gasteiger partial charge in [-0.3, -0.25) is 10.1 Å². The molecule has 1 N–H and O–H groups in total. The van der Waals surface area contributed by atoms with Crippen LogP contribution in [0, 0.1) is 0 Å². The third-order valence-electron chi connectivity index (χ3n) is 3.15. The van der Waals surface area contributed by atoms with E-state index in [1.165, 1.54) is 11.3 Å². The zero-order valence-corrected chi connectivity index (χ0v) is 16.2. The summed E-state index contributed by atoms with van der Waals surface area (Å²) in [5.74, 6) is -0.103. The molecule has 2 rings (SSSR count). The first-order valence-electron chi connectivity index (χ1n) is 7.74. The molecule has 0 aliphatic carbocycles. The highest BCUT2D eigenvalue weighted by Gasteiger charge is 2.17. The second kappa shape index (κ2) is 7.89. The monoisotopic (exact) mass is 380 g/mol. The van der Waals surface area contributed by atoms with E-state index in [1.807, 2.05) is 12.1 Å². The first kappa shape index (κ1) is 19.3. The van der Waals surface area contributed by atoms with E-state index in [2.05, 4.69) is 5.32 Å². The minimum absolute atomic E-state index is 0.103. The Bertz CT molecular complexity index is 750. The molecule has 0 spiro atoms. The summed E-state index contributed by atoms with van der Waals surface area (Å²) in [4.78, 5) is 26.8. The van der Waals surface area contributed by atoms with Gasteiger partial charge < -0.3 is 9.64 Å². The van der Waals surface area contributed by atoms with E-state index in [0.717, 1.165) is 4.88 Å². The average molecular weight is 381 g/mol. The van der Waals surface area contributed by atoms with E-state index in [0.29, 0.717) is 22.1 Å². The van der Waals surface area contributed by atoms with E-state index >= 15 is 0 Å². The van der Waals surface area contributed by atoms with Gasteiger partial charge in [-0.05, 0) is 57.2 Å². The molecule has 0 fully saturated rings. The van der Waals surface area contributed by atoms with Gasteiger partial charge in [0.15, 0.2) is 0 Å². The zero-order chi connectivity index (χ0) is 18.6. The lowest BCUT2D eigenvalue weighted by Gasteiger charge is -2.20. The topological polar surface area (TPSA) is 58.6 Å². The summed E-state index contributed by atoms with van der Waals surface area (Å²) in [7, 11) is 1.74.